The predicted octanol–water partition coefficient (Wildman–Crippen LogP) is 0.814. The van der Waals surface area contributed by atoms with Gasteiger partial charge in [-0.1, -0.05) is 6.58 Å². The number of hydrogen-bond acceptors (Lipinski definition) is 2. The summed E-state index contributed by atoms with van der Waals surface area (Å²) in [5.41, 5.74) is 0. The molecule has 0 atom stereocenters. The van der Waals surface area contributed by atoms with Gasteiger partial charge >= 0.3 is 0 Å². The SMILES string of the molecule is C=CNC1CCN(C)CC1. The third kappa shape index (κ3) is 2.03. The monoisotopic (exact) mass is 140 g/mol. The first-order valence-electron chi connectivity index (χ1n) is 3.88. The molecule has 0 aliphatic carbocycles. The van der Waals surface area contributed by atoms with Gasteiger partial charge in [0.05, 0.1) is 0 Å². The molecule has 1 aliphatic heterocycles. The van der Waals surface area contributed by atoms with Gasteiger partial charge in [-0.2, -0.15) is 0 Å². The van der Waals surface area contributed by atoms with Crippen molar-refractivity contribution in [1.82, 2.24) is 10.2 Å². The van der Waals surface area contributed by atoms with Crippen LogP contribution in [0.4, 0.5) is 0 Å². The fourth-order valence-electron chi connectivity index (χ4n) is 1.34. The number of nitrogens with zero attached hydrogens (tertiary/aromatic N) is 1. The minimum atomic E-state index is 0.675. The van der Waals surface area contributed by atoms with E-state index in [0.29, 0.717) is 6.04 Å². The molecule has 1 rings (SSSR count). The molecule has 1 aliphatic rings. The van der Waals surface area contributed by atoms with E-state index >= 15 is 0 Å². The number of hydrogen-bond donors (Lipinski definition) is 1. The third-order valence-corrected chi connectivity index (χ3v) is 2.07. The quantitative estimate of drug-likeness (QED) is 0.610. The molecule has 0 spiro atoms. The molecule has 0 aromatic heterocycles. The summed E-state index contributed by atoms with van der Waals surface area (Å²) < 4.78 is 0. The van der Waals surface area contributed by atoms with Gasteiger partial charge in [0.15, 0.2) is 0 Å². The average molecular weight is 140 g/mol. The Kier molecular flexibility index (Phi) is 2.75. The number of piperidine rings is 1. The lowest BCUT2D eigenvalue weighted by atomic mass is 10.1. The van der Waals surface area contributed by atoms with E-state index in [1.807, 2.05) is 0 Å². The molecule has 1 N–H and O–H groups in total. The van der Waals surface area contributed by atoms with Gasteiger partial charge in [-0.05, 0) is 39.2 Å². The van der Waals surface area contributed by atoms with Gasteiger partial charge < -0.3 is 10.2 Å². The van der Waals surface area contributed by atoms with Gasteiger partial charge in [0, 0.05) is 6.04 Å². The van der Waals surface area contributed by atoms with Crippen molar-refractivity contribution < 1.29 is 0 Å². The van der Waals surface area contributed by atoms with Gasteiger partial charge in [0.25, 0.3) is 0 Å². The van der Waals surface area contributed by atoms with Crippen LogP contribution in [0.15, 0.2) is 12.8 Å². The topological polar surface area (TPSA) is 15.3 Å². The minimum Gasteiger partial charge on any atom is -0.389 e. The molecule has 1 heterocycles. The molecule has 0 aromatic carbocycles. The second-order valence-electron chi connectivity index (χ2n) is 2.95. The highest BCUT2D eigenvalue weighted by Gasteiger charge is 2.13. The highest BCUT2D eigenvalue weighted by molar-refractivity contribution is 4.79. The Morgan fingerprint density at radius 1 is 1.50 bits per heavy atom. The summed E-state index contributed by atoms with van der Waals surface area (Å²) in [5, 5.41) is 3.24. The maximum Gasteiger partial charge on any atom is 0.0279 e. The molecule has 2 nitrogen and oxygen atoms in total. The number of nitrogens with one attached hydrogen (secondary N) is 1. The number of likely N-dealkylation sites (tertiary alicyclic amines) is 1. The molecular formula is C8H16N2. The average Bonchev–Trinajstić information content (AvgIpc) is 1.95. The second kappa shape index (κ2) is 3.62. The molecule has 0 unspecified atom stereocenters. The van der Waals surface area contributed by atoms with Crippen LogP contribution in [0.3, 0.4) is 0 Å². The maximum absolute atomic E-state index is 3.65. The molecule has 0 aromatic rings. The molecular weight excluding hydrogens is 124 g/mol. The van der Waals surface area contributed by atoms with Gasteiger partial charge in [0.1, 0.15) is 0 Å². The van der Waals surface area contributed by atoms with E-state index in [-0.39, 0.29) is 0 Å². The van der Waals surface area contributed by atoms with Crippen LogP contribution in [0, 0.1) is 0 Å². The zero-order valence-electron chi connectivity index (χ0n) is 6.64. The summed E-state index contributed by atoms with van der Waals surface area (Å²) in [6.45, 7) is 6.08. The Hall–Kier alpha value is -0.500. The van der Waals surface area contributed by atoms with E-state index in [1.165, 1.54) is 25.9 Å². The summed E-state index contributed by atoms with van der Waals surface area (Å²) in [5.74, 6) is 0. The molecule has 1 saturated heterocycles. The summed E-state index contributed by atoms with van der Waals surface area (Å²) in [6, 6.07) is 0.675. The molecule has 1 fully saturated rings. The van der Waals surface area contributed by atoms with E-state index in [2.05, 4.69) is 23.8 Å². The molecule has 0 radical (unpaired) electrons. The summed E-state index contributed by atoms with van der Waals surface area (Å²) in [6.07, 6.45) is 4.31. The van der Waals surface area contributed by atoms with Crippen molar-refractivity contribution in [2.45, 2.75) is 18.9 Å². The molecule has 0 bridgehead atoms. The molecule has 2 heteroatoms. The molecule has 10 heavy (non-hydrogen) atoms. The van der Waals surface area contributed by atoms with Crippen LogP contribution in [-0.4, -0.2) is 31.1 Å². The fraction of sp³-hybridized carbons (Fsp3) is 0.750. The van der Waals surface area contributed by atoms with E-state index in [0.717, 1.165) is 0 Å². The van der Waals surface area contributed by atoms with Crippen LogP contribution in [-0.2, 0) is 0 Å². The summed E-state index contributed by atoms with van der Waals surface area (Å²) in [7, 11) is 2.17. The standard InChI is InChI=1S/C8H16N2/c1-3-9-8-4-6-10(2)7-5-8/h3,8-9H,1,4-7H2,2H3. The zero-order valence-corrected chi connectivity index (χ0v) is 6.64. The van der Waals surface area contributed by atoms with Crippen molar-refractivity contribution in [2.24, 2.45) is 0 Å². The molecule has 0 amide bonds. The first kappa shape index (κ1) is 7.61. The van der Waals surface area contributed by atoms with E-state index < -0.39 is 0 Å². The van der Waals surface area contributed by atoms with Gasteiger partial charge in [-0.3, -0.25) is 0 Å². The highest BCUT2D eigenvalue weighted by Crippen LogP contribution is 2.07. The highest BCUT2D eigenvalue weighted by atomic mass is 15.1. The predicted molar refractivity (Wildman–Crippen MR) is 43.9 cm³/mol. The minimum absolute atomic E-state index is 0.675. The van der Waals surface area contributed by atoms with E-state index in [9.17, 15) is 0 Å². The van der Waals surface area contributed by atoms with Crippen molar-refractivity contribution >= 4 is 0 Å². The lowest BCUT2D eigenvalue weighted by Crippen LogP contribution is -2.38. The second-order valence-corrected chi connectivity index (χ2v) is 2.95. The molecule has 0 saturated carbocycles. The van der Waals surface area contributed by atoms with Crippen LogP contribution in [0.2, 0.25) is 0 Å². The zero-order chi connectivity index (χ0) is 7.40. The van der Waals surface area contributed by atoms with Crippen LogP contribution < -0.4 is 5.32 Å². The van der Waals surface area contributed by atoms with Crippen LogP contribution in [0.5, 0.6) is 0 Å². The Morgan fingerprint density at radius 3 is 2.60 bits per heavy atom. The van der Waals surface area contributed by atoms with Gasteiger partial charge in [-0.15, -0.1) is 0 Å². The molecule has 58 valence electrons. The van der Waals surface area contributed by atoms with E-state index in [1.54, 1.807) is 6.20 Å². The summed E-state index contributed by atoms with van der Waals surface area (Å²) >= 11 is 0. The lowest BCUT2D eigenvalue weighted by Gasteiger charge is -2.28. The van der Waals surface area contributed by atoms with Gasteiger partial charge in [0.2, 0.25) is 0 Å². The van der Waals surface area contributed by atoms with Gasteiger partial charge in [-0.25, -0.2) is 0 Å². The first-order valence-corrected chi connectivity index (χ1v) is 3.88. The van der Waals surface area contributed by atoms with Crippen LogP contribution in [0.25, 0.3) is 0 Å². The lowest BCUT2D eigenvalue weighted by molar-refractivity contribution is 0.244. The summed E-state index contributed by atoms with van der Waals surface area (Å²) in [4.78, 5) is 2.36. The third-order valence-electron chi connectivity index (χ3n) is 2.07. The van der Waals surface area contributed by atoms with Crippen molar-refractivity contribution in [1.29, 1.82) is 0 Å². The largest absolute Gasteiger partial charge is 0.389 e. The normalized spacial score (nSPS) is 22.5. The maximum atomic E-state index is 3.65. The first-order chi connectivity index (χ1) is 4.83. The van der Waals surface area contributed by atoms with Crippen molar-refractivity contribution in [3.63, 3.8) is 0 Å². The Morgan fingerprint density at radius 2 is 2.10 bits per heavy atom. The Labute approximate surface area is 62.9 Å². The number of rotatable bonds is 2. The van der Waals surface area contributed by atoms with Crippen molar-refractivity contribution in [3.05, 3.63) is 12.8 Å². The fourth-order valence-corrected chi connectivity index (χ4v) is 1.34. The Balaban J connectivity index is 2.19. The van der Waals surface area contributed by atoms with Crippen LogP contribution >= 0.6 is 0 Å². The van der Waals surface area contributed by atoms with Crippen LogP contribution in [0.1, 0.15) is 12.8 Å². The Bertz CT molecular complexity index is 104. The smallest absolute Gasteiger partial charge is 0.0279 e. The van der Waals surface area contributed by atoms with E-state index in [4.69, 9.17) is 0 Å². The van der Waals surface area contributed by atoms with Crippen molar-refractivity contribution in [2.75, 3.05) is 20.1 Å². The van der Waals surface area contributed by atoms with Crippen molar-refractivity contribution in [3.8, 4) is 0 Å².